The van der Waals surface area contributed by atoms with Gasteiger partial charge in [-0.1, -0.05) is 0 Å². The number of aryl methyl sites for hydroxylation is 1. The van der Waals surface area contributed by atoms with E-state index in [-0.39, 0.29) is 18.0 Å². The zero-order chi connectivity index (χ0) is 8.97. The molecule has 1 aromatic rings. The van der Waals surface area contributed by atoms with Crippen LogP contribution in [-0.2, 0) is 4.79 Å². The number of hydrogen-bond acceptors (Lipinski definition) is 4. The standard InChI is InChI=1S/C8H8N2O2/c1-6-2-4-9-8(10-6)7(12)3-5-11/h2,4-5H,3H2,1H3. The molecule has 0 fully saturated rings. The lowest BCUT2D eigenvalue weighted by Crippen LogP contribution is -2.06. The molecule has 0 aliphatic heterocycles. The van der Waals surface area contributed by atoms with E-state index in [0.29, 0.717) is 6.29 Å². The summed E-state index contributed by atoms with van der Waals surface area (Å²) in [6, 6.07) is 1.69. The lowest BCUT2D eigenvalue weighted by Gasteiger charge is -1.95. The highest BCUT2D eigenvalue weighted by atomic mass is 16.1. The average Bonchev–Trinajstić information content (AvgIpc) is 2.05. The predicted octanol–water partition coefficient (Wildman–Crippen LogP) is 0.557. The first-order valence-corrected chi connectivity index (χ1v) is 3.50. The van der Waals surface area contributed by atoms with Gasteiger partial charge in [0.25, 0.3) is 0 Å². The van der Waals surface area contributed by atoms with Gasteiger partial charge in [0.1, 0.15) is 6.29 Å². The molecule has 0 aliphatic carbocycles. The molecule has 0 aliphatic rings. The Morgan fingerprint density at radius 2 is 2.42 bits per heavy atom. The van der Waals surface area contributed by atoms with E-state index in [2.05, 4.69) is 9.97 Å². The molecule has 4 nitrogen and oxygen atoms in total. The van der Waals surface area contributed by atoms with Crippen LogP contribution in [0.2, 0.25) is 0 Å². The molecule has 1 aromatic heterocycles. The Hall–Kier alpha value is -1.58. The monoisotopic (exact) mass is 164 g/mol. The molecule has 0 bridgehead atoms. The summed E-state index contributed by atoms with van der Waals surface area (Å²) in [6.45, 7) is 1.76. The van der Waals surface area contributed by atoms with Crippen molar-refractivity contribution >= 4 is 12.1 Å². The minimum atomic E-state index is -0.339. The summed E-state index contributed by atoms with van der Waals surface area (Å²) in [5.74, 6) is -0.226. The van der Waals surface area contributed by atoms with Crippen molar-refractivity contribution < 1.29 is 9.59 Å². The molecule has 0 aromatic carbocycles. The molecule has 12 heavy (non-hydrogen) atoms. The topological polar surface area (TPSA) is 59.9 Å². The van der Waals surface area contributed by atoms with Gasteiger partial charge in [-0.15, -0.1) is 0 Å². The minimum Gasteiger partial charge on any atom is -0.303 e. The summed E-state index contributed by atoms with van der Waals surface area (Å²) in [7, 11) is 0. The first-order chi connectivity index (χ1) is 5.74. The molecule has 1 heterocycles. The maximum atomic E-state index is 11.0. The number of aromatic nitrogens is 2. The van der Waals surface area contributed by atoms with Crippen LogP contribution in [0.15, 0.2) is 12.3 Å². The van der Waals surface area contributed by atoms with Crippen LogP contribution in [0.4, 0.5) is 0 Å². The van der Waals surface area contributed by atoms with Crippen molar-refractivity contribution in [3.8, 4) is 0 Å². The normalized spacial score (nSPS) is 9.42. The predicted molar refractivity (Wildman–Crippen MR) is 41.8 cm³/mol. The van der Waals surface area contributed by atoms with Gasteiger partial charge < -0.3 is 4.79 Å². The maximum Gasteiger partial charge on any atom is 0.207 e. The molecule has 0 unspecified atom stereocenters. The fourth-order valence-electron chi connectivity index (χ4n) is 0.750. The van der Waals surface area contributed by atoms with Crippen LogP contribution in [0.5, 0.6) is 0 Å². The summed E-state index contributed by atoms with van der Waals surface area (Å²) in [5.41, 5.74) is 0.722. The Kier molecular flexibility index (Phi) is 2.63. The van der Waals surface area contributed by atoms with Crippen molar-refractivity contribution in [3.05, 3.63) is 23.8 Å². The van der Waals surface area contributed by atoms with Crippen molar-refractivity contribution in [1.29, 1.82) is 0 Å². The third kappa shape index (κ3) is 1.95. The smallest absolute Gasteiger partial charge is 0.207 e. The Bertz CT molecular complexity index is 310. The van der Waals surface area contributed by atoms with Gasteiger partial charge in [0.05, 0.1) is 6.42 Å². The van der Waals surface area contributed by atoms with E-state index in [9.17, 15) is 9.59 Å². The SMILES string of the molecule is Cc1ccnc(C(=O)CC=O)n1. The molecular weight excluding hydrogens is 156 g/mol. The van der Waals surface area contributed by atoms with Crippen molar-refractivity contribution in [2.24, 2.45) is 0 Å². The first kappa shape index (κ1) is 8.52. The van der Waals surface area contributed by atoms with Gasteiger partial charge in [0.15, 0.2) is 5.82 Å². The van der Waals surface area contributed by atoms with E-state index in [1.165, 1.54) is 6.20 Å². The van der Waals surface area contributed by atoms with E-state index in [1.807, 2.05) is 0 Å². The number of hydrogen-bond donors (Lipinski definition) is 0. The zero-order valence-electron chi connectivity index (χ0n) is 6.65. The second-order valence-electron chi connectivity index (χ2n) is 2.32. The number of ketones is 1. The molecule has 1 rings (SSSR count). The van der Waals surface area contributed by atoms with Crippen LogP contribution in [0.25, 0.3) is 0 Å². The number of Topliss-reactive ketones (excluding diaryl/α,β-unsaturated/α-hetero) is 1. The highest BCUT2D eigenvalue weighted by molar-refractivity contribution is 5.99. The molecule has 4 heteroatoms. The van der Waals surface area contributed by atoms with Crippen LogP contribution in [0.1, 0.15) is 22.7 Å². The van der Waals surface area contributed by atoms with E-state index in [4.69, 9.17) is 0 Å². The lowest BCUT2D eigenvalue weighted by atomic mass is 10.3. The quantitative estimate of drug-likeness (QED) is 0.372. The number of carbonyl (C=O) groups is 2. The Morgan fingerprint density at radius 1 is 1.67 bits per heavy atom. The largest absolute Gasteiger partial charge is 0.303 e. The molecule has 62 valence electrons. The van der Waals surface area contributed by atoms with E-state index < -0.39 is 0 Å². The van der Waals surface area contributed by atoms with E-state index in [0.717, 1.165) is 5.69 Å². The van der Waals surface area contributed by atoms with Gasteiger partial charge in [0, 0.05) is 11.9 Å². The average molecular weight is 164 g/mol. The third-order valence-electron chi connectivity index (χ3n) is 1.31. The van der Waals surface area contributed by atoms with Crippen LogP contribution >= 0.6 is 0 Å². The molecule has 0 atom stereocenters. The zero-order valence-corrected chi connectivity index (χ0v) is 6.65. The van der Waals surface area contributed by atoms with Crippen LogP contribution < -0.4 is 0 Å². The number of nitrogens with zero attached hydrogens (tertiary/aromatic N) is 2. The number of carbonyl (C=O) groups excluding carboxylic acids is 2. The molecule has 0 radical (unpaired) electrons. The summed E-state index contributed by atoms with van der Waals surface area (Å²) >= 11 is 0. The van der Waals surface area contributed by atoms with E-state index in [1.54, 1.807) is 13.0 Å². The maximum absolute atomic E-state index is 11.0. The molecule has 0 saturated carbocycles. The summed E-state index contributed by atoms with van der Waals surface area (Å²) in [6.07, 6.45) is 1.90. The first-order valence-electron chi connectivity index (χ1n) is 3.50. The third-order valence-corrected chi connectivity index (χ3v) is 1.31. The van der Waals surface area contributed by atoms with Crippen molar-refractivity contribution in [3.63, 3.8) is 0 Å². The second-order valence-corrected chi connectivity index (χ2v) is 2.32. The number of aldehydes is 1. The molecule has 0 amide bonds. The molecule has 0 saturated heterocycles. The van der Waals surface area contributed by atoms with Crippen LogP contribution in [0.3, 0.4) is 0 Å². The lowest BCUT2D eigenvalue weighted by molar-refractivity contribution is -0.107. The van der Waals surface area contributed by atoms with Gasteiger partial charge in [-0.25, -0.2) is 9.97 Å². The van der Waals surface area contributed by atoms with Crippen molar-refractivity contribution in [1.82, 2.24) is 9.97 Å². The minimum absolute atomic E-state index is 0.113. The van der Waals surface area contributed by atoms with Gasteiger partial charge in [0.2, 0.25) is 5.78 Å². The van der Waals surface area contributed by atoms with Gasteiger partial charge in [-0.3, -0.25) is 4.79 Å². The van der Waals surface area contributed by atoms with Gasteiger partial charge >= 0.3 is 0 Å². The van der Waals surface area contributed by atoms with Crippen LogP contribution in [-0.4, -0.2) is 22.0 Å². The highest BCUT2D eigenvalue weighted by Gasteiger charge is 2.07. The Balaban J connectivity index is 2.87. The highest BCUT2D eigenvalue weighted by Crippen LogP contribution is 1.96. The Labute approximate surface area is 69.7 Å². The number of rotatable bonds is 3. The molecular formula is C8H8N2O2. The molecule has 0 N–H and O–H groups in total. The van der Waals surface area contributed by atoms with E-state index >= 15 is 0 Å². The summed E-state index contributed by atoms with van der Waals surface area (Å²) in [5, 5.41) is 0. The fraction of sp³-hybridized carbons (Fsp3) is 0.250. The fourth-order valence-corrected chi connectivity index (χ4v) is 0.750. The van der Waals surface area contributed by atoms with Gasteiger partial charge in [-0.05, 0) is 13.0 Å². The van der Waals surface area contributed by atoms with Crippen LogP contribution in [0, 0.1) is 6.92 Å². The van der Waals surface area contributed by atoms with Gasteiger partial charge in [-0.2, -0.15) is 0 Å². The summed E-state index contributed by atoms with van der Waals surface area (Å²) < 4.78 is 0. The second kappa shape index (κ2) is 3.71. The Morgan fingerprint density at radius 3 is 3.00 bits per heavy atom. The van der Waals surface area contributed by atoms with Crippen molar-refractivity contribution in [2.75, 3.05) is 0 Å². The summed E-state index contributed by atoms with van der Waals surface area (Å²) in [4.78, 5) is 28.6. The molecule has 0 spiro atoms. The van der Waals surface area contributed by atoms with Crippen molar-refractivity contribution in [2.45, 2.75) is 13.3 Å².